The lowest BCUT2D eigenvalue weighted by molar-refractivity contribution is -0.132. The van der Waals surface area contributed by atoms with E-state index in [0.29, 0.717) is 11.6 Å². The Morgan fingerprint density at radius 1 is 1.19 bits per heavy atom. The van der Waals surface area contributed by atoms with Crippen LogP contribution in [0.1, 0.15) is 18.1 Å². The molecule has 0 aliphatic heterocycles. The first kappa shape index (κ1) is 19.7. The third kappa shape index (κ3) is 6.33. The molecule has 0 aliphatic rings. The second-order valence-corrected chi connectivity index (χ2v) is 6.08. The highest BCUT2D eigenvalue weighted by Gasteiger charge is 2.13. The number of nitrogens with zero attached hydrogens (tertiary/aromatic N) is 1. The molecule has 0 unspecified atom stereocenters. The average molecular weight is 375 g/mol. The lowest BCUT2D eigenvalue weighted by Crippen LogP contribution is -2.39. The first-order valence-corrected chi connectivity index (χ1v) is 8.59. The molecule has 0 saturated carbocycles. The number of benzene rings is 2. The maximum atomic E-state index is 12.9. The van der Waals surface area contributed by atoms with Crippen molar-refractivity contribution in [2.45, 2.75) is 13.5 Å². The standard InChI is InChI=1S/C20H20ClFN2O2/c1-2-24(20(26)11-8-15-4-3-5-17(21)12-15)14-19(25)23-13-16-6-9-18(22)10-7-16/h3-12H,2,13-14H2,1H3,(H,23,25). The summed E-state index contributed by atoms with van der Waals surface area (Å²) in [6, 6.07) is 13.0. The first-order chi connectivity index (χ1) is 12.5. The second kappa shape index (κ2) is 9.73. The highest BCUT2D eigenvalue weighted by atomic mass is 35.5. The Morgan fingerprint density at radius 2 is 1.92 bits per heavy atom. The number of halogens is 2. The van der Waals surface area contributed by atoms with Crippen LogP contribution in [0.3, 0.4) is 0 Å². The molecule has 0 aliphatic carbocycles. The number of hydrogen-bond donors (Lipinski definition) is 1. The molecule has 1 N–H and O–H groups in total. The summed E-state index contributed by atoms with van der Waals surface area (Å²) >= 11 is 5.91. The number of amides is 2. The van der Waals surface area contributed by atoms with Gasteiger partial charge in [-0.25, -0.2) is 4.39 Å². The van der Waals surface area contributed by atoms with Gasteiger partial charge < -0.3 is 10.2 Å². The summed E-state index contributed by atoms with van der Waals surface area (Å²) in [5.74, 6) is -0.862. The van der Waals surface area contributed by atoms with E-state index in [1.165, 1.54) is 23.1 Å². The van der Waals surface area contributed by atoms with Gasteiger partial charge in [0, 0.05) is 24.2 Å². The molecule has 2 rings (SSSR count). The lowest BCUT2D eigenvalue weighted by atomic mass is 10.2. The summed E-state index contributed by atoms with van der Waals surface area (Å²) in [5, 5.41) is 3.31. The fourth-order valence-corrected chi connectivity index (χ4v) is 2.46. The van der Waals surface area contributed by atoms with Crippen LogP contribution in [0.15, 0.2) is 54.6 Å². The van der Waals surface area contributed by atoms with Crippen molar-refractivity contribution in [3.63, 3.8) is 0 Å². The van der Waals surface area contributed by atoms with Crippen molar-refractivity contribution in [2.24, 2.45) is 0 Å². The number of hydrogen-bond acceptors (Lipinski definition) is 2. The number of rotatable bonds is 7. The molecule has 4 nitrogen and oxygen atoms in total. The van der Waals surface area contributed by atoms with Crippen LogP contribution < -0.4 is 5.32 Å². The van der Waals surface area contributed by atoms with E-state index < -0.39 is 0 Å². The van der Waals surface area contributed by atoms with Gasteiger partial charge in [-0.3, -0.25) is 9.59 Å². The zero-order valence-corrected chi connectivity index (χ0v) is 15.2. The molecule has 26 heavy (non-hydrogen) atoms. The number of carbonyl (C=O) groups excluding carboxylic acids is 2. The fourth-order valence-electron chi connectivity index (χ4n) is 2.26. The third-order valence-electron chi connectivity index (χ3n) is 3.70. The smallest absolute Gasteiger partial charge is 0.247 e. The lowest BCUT2D eigenvalue weighted by Gasteiger charge is -2.18. The summed E-state index contributed by atoms with van der Waals surface area (Å²) in [7, 11) is 0. The van der Waals surface area contributed by atoms with Crippen molar-refractivity contribution in [1.82, 2.24) is 10.2 Å². The average Bonchev–Trinajstić information content (AvgIpc) is 2.63. The molecule has 0 bridgehead atoms. The Labute approximate surface area is 157 Å². The van der Waals surface area contributed by atoms with E-state index in [0.717, 1.165) is 11.1 Å². The molecule has 0 radical (unpaired) electrons. The topological polar surface area (TPSA) is 49.4 Å². The molecule has 0 atom stereocenters. The highest BCUT2D eigenvalue weighted by Crippen LogP contribution is 2.12. The second-order valence-electron chi connectivity index (χ2n) is 5.64. The molecule has 0 spiro atoms. The molecule has 0 heterocycles. The van der Waals surface area contributed by atoms with Gasteiger partial charge in [0.15, 0.2) is 0 Å². The normalized spacial score (nSPS) is 10.7. The maximum Gasteiger partial charge on any atom is 0.247 e. The van der Waals surface area contributed by atoms with Crippen LogP contribution >= 0.6 is 11.6 Å². The Morgan fingerprint density at radius 3 is 2.58 bits per heavy atom. The largest absolute Gasteiger partial charge is 0.350 e. The molecule has 136 valence electrons. The van der Waals surface area contributed by atoms with Gasteiger partial charge in [0.2, 0.25) is 11.8 Å². The molecule has 6 heteroatoms. The van der Waals surface area contributed by atoms with Crippen molar-refractivity contribution < 1.29 is 14.0 Å². The van der Waals surface area contributed by atoms with Crippen LogP contribution in [-0.2, 0) is 16.1 Å². The molecular formula is C20H20ClFN2O2. The van der Waals surface area contributed by atoms with Gasteiger partial charge in [0.1, 0.15) is 5.82 Å². The summed E-state index contributed by atoms with van der Waals surface area (Å²) in [5.41, 5.74) is 1.60. The van der Waals surface area contributed by atoms with Crippen LogP contribution in [0.2, 0.25) is 5.02 Å². The van der Waals surface area contributed by atoms with Crippen LogP contribution in [0.4, 0.5) is 4.39 Å². The van der Waals surface area contributed by atoms with E-state index in [2.05, 4.69) is 5.32 Å². The predicted octanol–water partition coefficient (Wildman–Crippen LogP) is 3.66. The Balaban J connectivity index is 1.87. The van der Waals surface area contributed by atoms with E-state index in [1.807, 2.05) is 6.07 Å². The molecule has 2 amide bonds. The summed E-state index contributed by atoms with van der Waals surface area (Å²) < 4.78 is 12.9. The number of carbonyl (C=O) groups is 2. The van der Waals surface area contributed by atoms with Gasteiger partial charge >= 0.3 is 0 Å². The summed E-state index contributed by atoms with van der Waals surface area (Å²) in [6.07, 6.45) is 3.08. The monoisotopic (exact) mass is 374 g/mol. The van der Waals surface area contributed by atoms with Crippen LogP contribution in [0.5, 0.6) is 0 Å². The van der Waals surface area contributed by atoms with Gasteiger partial charge in [0.25, 0.3) is 0 Å². The molecule has 2 aromatic rings. The van der Waals surface area contributed by atoms with Crippen molar-refractivity contribution in [2.75, 3.05) is 13.1 Å². The van der Waals surface area contributed by atoms with E-state index in [1.54, 1.807) is 43.3 Å². The van der Waals surface area contributed by atoms with E-state index in [9.17, 15) is 14.0 Å². The molecule has 0 fully saturated rings. The number of likely N-dealkylation sites (N-methyl/N-ethyl adjacent to an activating group) is 1. The summed E-state index contributed by atoms with van der Waals surface area (Å²) in [4.78, 5) is 25.8. The maximum absolute atomic E-state index is 12.9. The molecular weight excluding hydrogens is 355 g/mol. The zero-order chi connectivity index (χ0) is 18.9. The number of nitrogens with one attached hydrogen (secondary N) is 1. The van der Waals surface area contributed by atoms with Gasteiger partial charge in [0.05, 0.1) is 6.54 Å². The Hall–Kier alpha value is -2.66. The van der Waals surface area contributed by atoms with Crippen LogP contribution in [0.25, 0.3) is 6.08 Å². The van der Waals surface area contributed by atoms with E-state index in [-0.39, 0.29) is 30.7 Å². The minimum absolute atomic E-state index is 0.0452. The minimum Gasteiger partial charge on any atom is -0.350 e. The minimum atomic E-state index is -0.325. The first-order valence-electron chi connectivity index (χ1n) is 8.21. The molecule has 0 aromatic heterocycles. The van der Waals surface area contributed by atoms with Crippen molar-refractivity contribution >= 4 is 29.5 Å². The van der Waals surface area contributed by atoms with E-state index >= 15 is 0 Å². The van der Waals surface area contributed by atoms with Crippen LogP contribution in [-0.4, -0.2) is 29.8 Å². The highest BCUT2D eigenvalue weighted by molar-refractivity contribution is 6.30. The quantitative estimate of drug-likeness (QED) is 0.752. The van der Waals surface area contributed by atoms with Gasteiger partial charge in [-0.1, -0.05) is 35.9 Å². The Bertz CT molecular complexity index is 791. The van der Waals surface area contributed by atoms with Crippen molar-refractivity contribution in [1.29, 1.82) is 0 Å². The molecule has 0 saturated heterocycles. The van der Waals surface area contributed by atoms with Crippen molar-refractivity contribution in [3.05, 3.63) is 76.6 Å². The van der Waals surface area contributed by atoms with Gasteiger partial charge in [-0.2, -0.15) is 0 Å². The predicted molar refractivity (Wildman–Crippen MR) is 101 cm³/mol. The fraction of sp³-hybridized carbons (Fsp3) is 0.200. The van der Waals surface area contributed by atoms with Crippen LogP contribution in [0, 0.1) is 5.82 Å². The SMILES string of the molecule is CCN(CC(=O)NCc1ccc(F)cc1)C(=O)C=Cc1cccc(Cl)c1. The third-order valence-corrected chi connectivity index (χ3v) is 3.93. The molecule has 2 aromatic carbocycles. The zero-order valence-electron chi connectivity index (χ0n) is 14.4. The van der Waals surface area contributed by atoms with E-state index in [4.69, 9.17) is 11.6 Å². The van der Waals surface area contributed by atoms with Gasteiger partial charge in [-0.15, -0.1) is 0 Å². The van der Waals surface area contributed by atoms with Gasteiger partial charge in [-0.05, 0) is 48.4 Å². The Kier molecular flexibility index (Phi) is 7.36. The summed E-state index contributed by atoms with van der Waals surface area (Å²) in [6.45, 7) is 2.45. The van der Waals surface area contributed by atoms with Crippen molar-refractivity contribution in [3.8, 4) is 0 Å².